The number of pyridine rings is 3. The first-order valence-electron chi connectivity index (χ1n) is 17.6. The number of rotatable bonds is 5. The zero-order valence-electron chi connectivity index (χ0n) is 28.5. The van der Waals surface area contributed by atoms with Crippen LogP contribution in [0.15, 0.2) is 94.4 Å². The SMILES string of the molecule is Clc1ccc2c(c1)CCc1cc(Br)cnc1C2Cl.O=C(CC1CCN(C2c3ccc(Cl)cc3CCc3cc(Br)cnc32)CC1)NCc1cccnc1. The van der Waals surface area contributed by atoms with E-state index in [0.717, 1.165) is 93.1 Å². The van der Waals surface area contributed by atoms with Crippen molar-refractivity contribution in [1.82, 2.24) is 25.2 Å². The highest BCUT2D eigenvalue weighted by Crippen LogP contribution is 2.40. The molecule has 5 aromatic rings. The lowest BCUT2D eigenvalue weighted by molar-refractivity contribution is -0.122. The Labute approximate surface area is 337 Å². The molecule has 0 spiro atoms. The molecule has 11 heteroatoms. The van der Waals surface area contributed by atoms with Crippen LogP contribution in [0.3, 0.4) is 0 Å². The molecule has 4 heterocycles. The van der Waals surface area contributed by atoms with Gasteiger partial charge in [-0.05, 0) is 171 Å². The molecular formula is C41H38Br2Cl3N5O. The third-order valence-corrected chi connectivity index (χ3v) is 12.0. The van der Waals surface area contributed by atoms with Gasteiger partial charge in [0.05, 0.1) is 17.4 Å². The molecule has 1 saturated heterocycles. The van der Waals surface area contributed by atoms with Gasteiger partial charge >= 0.3 is 0 Å². The Hall–Kier alpha value is -2.85. The maximum absolute atomic E-state index is 12.5. The summed E-state index contributed by atoms with van der Waals surface area (Å²) < 4.78 is 2.01. The fourth-order valence-corrected chi connectivity index (χ4v) is 9.17. The quantitative estimate of drug-likeness (QED) is 0.178. The molecule has 3 aliphatic rings. The second kappa shape index (κ2) is 17.1. The highest BCUT2D eigenvalue weighted by atomic mass is 79.9. The number of aryl methyl sites for hydroxylation is 4. The summed E-state index contributed by atoms with van der Waals surface area (Å²) in [5.74, 6) is 0.520. The highest BCUT2D eigenvalue weighted by Gasteiger charge is 2.33. The molecule has 3 aromatic heterocycles. The smallest absolute Gasteiger partial charge is 0.220 e. The third kappa shape index (κ3) is 8.91. The number of benzene rings is 2. The summed E-state index contributed by atoms with van der Waals surface area (Å²) in [6.07, 6.45) is 13.6. The Balaban J connectivity index is 0.000000196. The summed E-state index contributed by atoms with van der Waals surface area (Å²) in [6, 6.07) is 20.5. The number of piperidine rings is 1. The molecule has 0 bridgehead atoms. The first kappa shape index (κ1) is 37.5. The summed E-state index contributed by atoms with van der Waals surface area (Å²) in [5.41, 5.74) is 10.6. The summed E-state index contributed by atoms with van der Waals surface area (Å²) in [4.78, 5) is 28.5. The van der Waals surface area contributed by atoms with Crippen molar-refractivity contribution in [2.45, 2.75) is 62.9 Å². The van der Waals surface area contributed by atoms with E-state index in [1.807, 2.05) is 42.6 Å². The minimum Gasteiger partial charge on any atom is -0.352 e. The van der Waals surface area contributed by atoms with E-state index in [-0.39, 0.29) is 17.3 Å². The largest absolute Gasteiger partial charge is 0.352 e. The minimum absolute atomic E-state index is 0.119. The van der Waals surface area contributed by atoms with Crippen LogP contribution in [0.5, 0.6) is 0 Å². The summed E-state index contributed by atoms with van der Waals surface area (Å²) in [7, 11) is 0. The van der Waals surface area contributed by atoms with Gasteiger partial charge < -0.3 is 5.32 Å². The van der Waals surface area contributed by atoms with Crippen LogP contribution in [-0.2, 0) is 37.0 Å². The van der Waals surface area contributed by atoms with Crippen LogP contribution in [-0.4, -0.2) is 38.8 Å². The molecule has 1 aliphatic heterocycles. The van der Waals surface area contributed by atoms with Gasteiger partial charge in [-0.3, -0.25) is 24.6 Å². The Kier molecular flexibility index (Phi) is 12.3. The molecule has 2 atom stereocenters. The van der Waals surface area contributed by atoms with Crippen LogP contribution in [0, 0.1) is 5.92 Å². The van der Waals surface area contributed by atoms with Crippen molar-refractivity contribution in [1.29, 1.82) is 0 Å². The number of fused-ring (bicyclic) bond motifs is 4. The molecule has 2 aromatic carbocycles. The third-order valence-electron chi connectivity index (χ3n) is 10.2. The predicted molar refractivity (Wildman–Crippen MR) is 216 cm³/mol. The average molecular weight is 883 g/mol. The summed E-state index contributed by atoms with van der Waals surface area (Å²) in [6.45, 7) is 2.43. The van der Waals surface area contributed by atoms with Crippen LogP contribution in [0.2, 0.25) is 10.0 Å². The molecule has 1 N–H and O–H groups in total. The number of likely N-dealkylation sites (tertiary alicyclic amines) is 1. The lowest BCUT2D eigenvalue weighted by Crippen LogP contribution is -2.39. The van der Waals surface area contributed by atoms with Crippen molar-refractivity contribution < 1.29 is 4.79 Å². The Morgan fingerprint density at radius 3 is 2.02 bits per heavy atom. The molecule has 268 valence electrons. The standard InChI is InChI=1S/C27H28BrClN4O.C14H10BrCl2N/c28-22-13-21-4-3-20-14-23(29)5-6-24(20)27(26(21)32-17-22)33-10-7-18(8-11-33)12-25(34)31-16-19-2-1-9-30-15-19;15-10-5-9-2-1-8-6-11(16)3-4-12(8)13(17)14(9)18-7-10/h1-2,5-6,9,13-15,17-18,27H,3-4,7-8,10-12,16H2,(H,31,34);3-7,13H,1-2H2. The van der Waals surface area contributed by atoms with E-state index in [1.54, 1.807) is 18.6 Å². The average Bonchev–Trinajstić information content (AvgIpc) is 3.38. The van der Waals surface area contributed by atoms with E-state index in [9.17, 15) is 4.79 Å². The van der Waals surface area contributed by atoms with Crippen molar-refractivity contribution >= 4 is 72.6 Å². The number of nitrogens with zero attached hydrogens (tertiary/aromatic N) is 4. The fraction of sp³-hybridized carbons (Fsp3) is 0.317. The molecule has 1 amide bonds. The Morgan fingerprint density at radius 2 is 1.37 bits per heavy atom. The second-order valence-electron chi connectivity index (χ2n) is 13.7. The van der Waals surface area contributed by atoms with Gasteiger partial charge in [-0.25, -0.2) is 0 Å². The molecule has 0 saturated carbocycles. The van der Waals surface area contributed by atoms with Crippen LogP contribution in [0.1, 0.15) is 81.0 Å². The summed E-state index contributed by atoms with van der Waals surface area (Å²) in [5, 5.41) is 4.40. The summed E-state index contributed by atoms with van der Waals surface area (Å²) >= 11 is 26.0. The van der Waals surface area contributed by atoms with Gasteiger partial charge in [0, 0.05) is 56.7 Å². The zero-order chi connectivity index (χ0) is 36.2. The van der Waals surface area contributed by atoms with Gasteiger partial charge in [0.2, 0.25) is 5.91 Å². The zero-order valence-corrected chi connectivity index (χ0v) is 33.9. The Bertz CT molecular complexity index is 1950. The molecule has 0 radical (unpaired) electrons. The number of alkyl halides is 1. The normalized spacial score (nSPS) is 18.3. The van der Waals surface area contributed by atoms with E-state index in [0.29, 0.717) is 18.9 Å². The van der Waals surface area contributed by atoms with Crippen molar-refractivity contribution in [3.63, 3.8) is 0 Å². The number of nitrogens with one attached hydrogen (secondary N) is 1. The number of hydrogen-bond acceptors (Lipinski definition) is 5. The molecule has 2 aliphatic carbocycles. The first-order chi connectivity index (χ1) is 25.2. The van der Waals surface area contributed by atoms with Gasteiger partial charge in [0.25, 0.3) is 0 Å². The monoisotopic (exact) mass is 879 g/mol. The van der Waals surface area contributed by atoms with Crippen LogP contribution in [0.25, 0.3) is 0 Å². The first-order valence-corrected chi connectivity index (χ1v) is 20.4. The van der Waals surface area contributed by atoms with Crippen molar-refractivity contribution in [2.24, 2.45) is 5.92 Å². The van der Waals surface area contributed by atoms with Gasteiger partial charge in [0.15, 0.2) is 0 Å². The number of hydrogen-bond donors (Lipinski definition) is 1. The number of carbonyl (C=O) groups is 1. The minimum atomic E-state index is -0.192. The van der Waals surface area contributed by atoms with Crippen LogP contribution < -0.4 is 5.32 Å². The van der Waals surface area contributed by atoms with Gasteiger partial charge in [0.1, 0.15) is 5.38 Å². The molecular weight excluding hydrogens is 845 g/mol. The number of halogens is 5. The number of amides is 1. The maximum atomic E-state index is 12.5. The number of aromatic nitrogens is 3. The lowest BCUT2D eigenvalue weighted by atomic mass is 9.89. The van der Waals surface area contributed by atoms with Crippen molar-refractivity contribution in [3.8, 4) is 0 Å². The molecule has 52 heavy (non-hydrogen) atoms. The number of carbonyl (C=O) groups excluding carboxylic acids is 1. The molecule has 1 fully saturated rings. The topological polar surface area (TPSA) is 71.0 Å². The van der Waals surface area contributed by atoms with E-state index in [2.05, 4.69) is 76.3 Å². The van der Waals surface area contributed by atoms with E-state index in [1.165, 1.54) is 27.8 Å². The van der Waals surface area contributed by atoms with Crippen molar-refractivity contribution in [3.05, 3.63) is 155 Å². The van der Waals surface area contributed by atoms with Crippen LogP contribution >= 0.6 is 66.7 Å². The highest BCUT2D eigenvalue weighted by molar-refractivity contribution is 9.10. The van der Waals surface area contributed by atoms with E-state index < -0.39 is 0 Å². The van der Waals surface area contributed by atoms with Gasteiger partial charge in [-0.1, -0.05) is 41.4 Å². The molecule has 2 unspecified atom stereocenters. The van der Waals surface area contributed by atoms with Gasteiger partial charge in [-0.2, -0.15) is 0 Å². The fourth-order valence-electron chi connectivity index (χ4n) is 7.61. The van der Waals surface area contributed by atoms with Gasteiger partial charge in [-0.15, -0.1) is 11.6 Å². The lowest BCUT2D eigenvalue weighted by Gasteiger charge is -2.38. The second-order valence-corrected chi connectivity index (χ2v) is 16.8. The maximum Gasteiger partial charge on any atom is 0.220 e. The molecule has 6 nitrogen and oxygen atoms in total. The van der Waals surface area contributed by atoms with Crippen molar-refractivity contribution in [2.75, 3.05) is 13.1 Å². The molecule has 8 rings (SSSR count). The predicted octanol–water partition coefficient (Wildman–Crippen LogP) is 10.4. The Morgan fingerprint density at radius 1 is 0.769 bits per heavy atom. The van der Waals surface area contributed by atoms with E-state index in [4.69, 9.17) is 39.8 Å². The van der Waals surface area contributed by atoms with Crippen LogP contribution in [0.4, 0.5) is 0 Å². The van der Waals surface area contributed by atoms with E-state index >= 15 is 0 Å².